The van der Waals surface area contributed by atoms with Gasteiger partial charge in [0.25, 0.3) is 0 Å². The highest BCUT2D eigenvalue weighted by Gasteiger charge is 2.69. The van der Waals surface area contributed by atoms with Crippen molar-refractivity contribution in [2.75, 3.05) is 0 Å². The number of hydrogen-bond donors (Lipinski definition) is 2. The van der Waals surface area contributed by atoms with Crippen molar-refractivity contribution in [1.29, 1.82) is 0 Å². The van der Waals surface area contributed by atoms with Crippen LogP contribution in [0.15, 0.2) is 12.5 Å². The molecule has 0 aliphatic heterocycles. The molecule has 0 aromatic heterocycles. The van der Waals surface area contributed by atoms with Crippen LogP contribution in [-0.4, -0.2) is 20.7 Å². The summed E-state index contributed by atoms with van der Waals surface area (Å²) >= 11 is 10.4. The Morgan fingerprint density at radius 1 is 0.654 bits per heavy atom. The van der Waals surface area contributed by atoms with Gasteiger partial charge < -0.3 is 9.47 Å². The Morgan fingerprint density at radius 3 is 1.58 bits per heavy atom. The van der Waals surface area contributed by atoms with Gasteiger partial charge in [0, 0.05) is 0 Å². The molecular weight excluding hydrogens is 360 g/mol. The van der Waals surface area contributed by atoms with Gasteiger partial charge in [-0.25, -0.2) is 0 Å². The Bertz CT molecular complexity index is 598. The van der Waals surface area contributed by atoms with E-state index < -0.39 is 0 Å². The molecule has 0 heterocycles. The van der Waals surface area contributed by atoms with Gasteiger partial charge in [0.15, 0.2) is 0 Å². The predicted octanol–water partition coefficient (Wildman–Crippen LogP) is 5.53. The molecule has 6 rings (SSSR count). The molecule has 6 aliphatic rings. The van der Waals surface area contributed by atoms with Crippen LogP contribution in [-0.2, 0) is 9.47 Å². The first kappa shape index (κ1) is 16.9. The largest absolute Gasteiger partial charge is 0.490 e. The molecule has 0 N–H and O–H groups in total. The Balaban J connectivity index is 1.19. The molecule has 6 fully saturated rings. The van der Waals surface area contributed by atoms with Gasteiger partial charge in [-0.1, -0.05) is 12.8 Å². The number of thiol groups is 2. The summed E-state index contributed by atoms with van der Waals surface area (Å²) in [6.07, 6.45) is 19.0. The van der Waals surface area contributed by atoms with E-state index in [-0.39, 0.29) is 20.7 Å². The topological polar surface area (TPSA) is 18.5 Å². The number of ether oxygens (including phenoxy) is 2. The molecule has 0 aromatic carbocycles. The third-order valence-corrected chi connectivity index (χ3v) is 11.7. The Kier molecular flexibility index (Phi) is 3.48. The van der Waals surface area contributed by atoms with Crippen molar-refractivity contribution in [1.82, 2.24) is 0 Å². The normalized spacial score (nSPS) is 59.3. The van der Waals surface area contributed by atoms with Crippen LogP contribution < -0.4 is 0 Å². The summed E-state index contributed by atoms with van der Waals surface area (Å²) in [4.78, 5) is 0. The van der Waals surface area contributed by atoms with Gasteiger partial charge in [0.1, 0.15) is 23.7 Å². The second kappa shape index (κ2) is 5.34. The zero-order valence-electron chi connectivity index (χ0n) is 15.7. The highest BCUT2D eigenvalue weighted by Crippen LogP contribution is 2.68. The first-order chi connectivity index (χ1) is 12.5. The molecular formula is C22H32O2S2. The molecule has 4 bridgehead atoms. The monoisotopic (exact) mass is 392 g/mol. The summed E-state index contributed by atoms with van der Waals surface area (Å²) in [7, 11) is 0. The standard InChI is InChI=1S/C22H32O2S2/c25-21-7-1-3-17(21)15-5-9-19(21,13-15)23-11-12-24-20-10-6-16(14-20)18-4-2-8-22(18,20)26/h11-12,15-18,25-26H,1-10,13-14H2. The third-order valence-electron chi connectivity index (χ3n) is 9.75. The second-order valence-electron chi connectivity index (χ2n) is 10.3. The minimum Gasteiger partial charge on any atom is -0.490 e. The highest BCUT2D eigenvalue weighted by atomic mass is 32.1. The fourth-order valence-electron chi connectivity index (χ4n) is 8.71. The van der Waals surface area contributed by atoms with Gasteiger partial charge >= 0.3 is 0 Å². The van der Waals surface area contributed by atoms with Crippen molar-refractivity contribution < 1.29 is 9.47 Å². The van der Waals surface area contributed by atoms with Crippen molar-refractivity contribution in [2.45, 2.75) is 97.7 Å². The molecule has 4 heteroatoms. The molecule has 26 heavy (non-hydrogen) atoms. The maximum Gasteiger partial charge on any atom is 0.123 e. The smallest absolute Gasteiger partial charge is 0.123 e. The lowest BCUT2D eigenvalue weighted by molar-refractivity contribution is -0.0278. The summed E-state index contributed by atoms with van der Waals surface area (Å²) in [5.41, 5.74) is -0.0796. The van der Waals surface area contributed by atoms with E-state index in [1.807, 2.05) is 12.5 Å². The molecule has 8 unspecified atom stereocenters. The van der Waals surface area contributed by atoms with Gasteiger partial charge in [-0.05, 0) is 87.9 Å². The van der Waals surface area contributed by atoms with Crippen LogP contribution in [0.25, 0.3) is 0 Å². The maximum atomic E-state index is 6.50. The number of rotatable bonds is 4. The summed E-state index contributed by atoms with van der Waals surface area (Å²) in [5.74, 6) is 3.23. The zero-order chi connectivity index (χ0) is 17.6. The molecule has 144 valence electrons. The Labute approximate surface area is 168 Å². The van der Waals surface area contributed by atoms with E-state index in [0.717, 1.165) is 23.7 Å². The Morgan fingerprint density at radius 2 is 1.12 bits per heavy atom. The molecule has 6 saturated carbocycles. The second-order valence-corrected chi connectivity index (χ2v) is 11.9. The van der Waals surface area contributed by atoms with Crippen molar-refractivity contribution in [3.05, 3.63) is 12.5 Å². The minimum absolute atomic E-state index is 0.0398. The lowest BCUT2D eigenvalue weighted by Crippen LogP contribution is -2.50. The van der Waals surface area contributed by atoms with E-state index in [1.165, 1.54) is 77.0 Å². The van der Waals surface area contributed by atoms with Crippen LogP contribution in [0.2, 0.25) is 0 Å². The van der Waals surface area contributed by atoms with Crippen LogP contribution in [0, 0.1) is 23.7 Å². The summed E-state index contributed by atoms with van der Waals surface area (Å²) in [6, 6.07) is 0. The van der Waals surface area contributed by atoms with Crippen LogP contribution in [0.5, 0.6) is 0 Å². The van der Waals surface area contributed by atoms with Gasteiger partial charge in [-0.3, -0.25) is 0 Å². The lowest BCUT2D eigenvalue weighted by atomic mass is 9.78. The predicted molar refractivity (Wildman–Crippen MR) is 110 cm³/mol. The highest BCUT2D eigenvalue weighted by molar-refractivity contribution is 7.82. The van der Waals surface area contributed by atoms with E-state index >= 15 is 0 Å². The lowest BCUT2D eigenvalue weighted by Gasteiger charge is -2.44. The average molecular weight is 393 g/mol. The van der Waals surface area contributed by atoms with Crippen molar-refractivity contribution in [3.63, 3.8) is 0 Å². The van der Waals surface area contributed by atoms with E-state index in [2.05, 4.69) is 0 Å². The molecule has 0 amide bonds. The molecule has 0 spiro atoms. The first-order valence-corrected chi connectivity index (χ1v) is 11.9. The number of hydrogen-bond acceptors (Lipinski definition) is 4. The third kappa shape index (κ3) is 1.85. The molecule has 6 aliphatic carbocycles. The molecule has 0 aromatic rings. The van der Waals surface area contributed by atoms with Crippen molar-refractivity contribution in [3.8, 4) is 0 Å². The fraction of sp³-hybridized carbons (Fsp3) is 0.909. The van der Waals surface area contributed by atoms with Crippen LogP contribution >= 0.6 is 25.3 Å². The van der Waals surface area contributed by atoms with E-state index in [1.54, 1.807) is 0 Å². The zero-order valence-corrected chi connectivity index (χ0v) is 17.4. The fourth-order valence-corrected chi connectivity index (χ4v) is 10.2. The molecule has 0 saturated heterocycles. The maximum absolute atomic E-state index is 6.50. The van der Waals surface area contributed by atoms with Crippen molar-refractivity contribution in [2.24, 2.45) is 23.7 Å². The molecule has 0 radical (unpaired) electrons. The van der Waals surface area contributed by atoms with E-state index in [4.69, 9.17) is 34.7 Å². The van der Waals surface area contributed by atoms with Crippen LogP contribution in [0.4, 0.5) is 0 Å². The van der Waals surface area contributed by atoms with Gasteiger partial charge in [-0.15, -0.1) is 0 Å². The summed E-state index contributed by atoms with van der Waals surface area (Å²) in [6.45, 7) is 0. The van der Waals surface area contributed by atoms with E-state index in [0.29, 0.717) is 0 Å². The minimum atomic E-state index is -0.0398. The van der Waals surface area contributed by atoms with Crippen molar-refractivity contribution >= 4 is 25.3 Å². The quantitative estimate of drug-likeness (QED) is 0.484. The Hall–Kier alpha value is 0.0400. The summed E-state index contributed by atoms with van der Waals surface area (Å²) in [5, 5.41) is 0. The van der Waals surface area contributed by atoms with Gasteiger partial charge in [-0.2, -0.15) is 25.3 Å². The SMILES string of the molecule is SC12CCCC1C1CCC2(OC=COC23CCC(C2)C2CCCC23S)C1. The molecule has 2 nitrogen and oxygen atoms in total. The van der Waals surface area contributed by atoms with Crippen LogP contribution in [0.1, 0.15) is 77.0 Å². The molecule has 8 atom stereocenters. The summed E-state index contributed by atoms with van der Waals surface area (Å²) < 4.78 is 13.2. The number of fused-ring (bicyclic) bond motifs is 10. The first-order valence-electron chi connectivity index (χ1n) is 11.0. The average Bonchev–Trinajstić information content (AvgIpc) is 3.39. The van der Waals surface area contributed by atoms with Gasteiger partial charge in [0.05, 0.1) is 9.49 Å². The van der Waals surface area contributed by atoms with Gasteiger partial charge in [0.2, 0.25) is 0 Å². The van der Waals surface area contributed by atoms with Crippen LogP contribution in [0.3, 0.4) is 0 Å². The van der Waals surface area contributed by atoms with E-state index in [9.17, 15) is 0 Å².